The molecule has 0 unspecified atom stereocenters. The van der Waals surface area contributed by atoms with E-state index in [1.54, 1.807) is 21.1 Å². The van der Waals surface area contributed by atoms with Gasteiger partial charge < -0.3 is 0 Å². The molecule has 50 heavy (non-hydrogen) atoms. The molecule has 0 aromatic heterocycles. The molecule has 0 N–H and O–H groups in total. The van der Waals surface area contributed by atoms with Gasteiger partial charge >= 0.3 is 333 Å². The van der Waals surface area contributed by atoms with Crippen LogP contribution >= 0.6 is 0 Å². The van der Waals surface area contributed by atoms with Gasteiger partial charge in [-0.05, 0) is 0 Å². The fourth-order valence-electron chi connectivity index (χ4n) is 10.7. The van der Waals surface area contributed by atoms with Gasteiger partial charge in [0.1, 0.15) is 0 Å². The van der Waals surface area contributed by atoms with E-state index in [1.165, 1.54) is 5.56 Å². The minimum absolute atomic E-state index is 0.515. The third-order valence-electron chi connectivity index (χ3n) is 11.0. The van der Waals surface area contributed by atoms with Crippen molar-refractivity contribution in [1.29, 1.82) is 0 Å². The van der Waals surface area contributed by atoms with E-state index in [1.807, 2.05) is 15.5 Å². The average Bonchev–Trinajstić information content (AvgIpc) is 2.82. The molecule has 0 aliphatic carbocycles. The van der Waals surface area contributed by atoms with Crippen LogP contribution in [-0.2, 0) is 13.8 Å². The predicted molar refractivity (Wildman–Crippen MR) is 248 cm³/mol. The third-order valence-corrected chi connectivity index (χ3v) is 46.5. The van der Waals surface area contributed by atoms with Crippen LogP contribution in [0.3, 0.4) is 0 Å². The van der Waals surface area contributed by atoms with Gasteiger partial charge in [0.15, 0.2) is 0 Å². The maximum absolute atomic E-state index is 4.20. The first-order valence-electron chi connectivity index (χ1n) is 19.9. The van der Waals surface area contributed by atoms with E-state index < -0.39 is 60.3 Å². The molecule has 0 saturated heterocycles. The molecule has 284 valence electrons. The molecule has 2 rings (SSSR count). The fourth-order valence-corrected chi connectivity index (χ4v) is 59.0. The SMILES string of the molecule is CC(C)c1cc(C(C)C)[c]([Ge](=[Cr])[c]2c(C([Si](C)(C)C)[Si](C)(C)C)cc(C([Si](C)(C)C)[Si](C)(C)C)cc2C([Si](C)(C)C)[Si](C)(C)C)c(C(C)C)c1. The van der Waals surface area contributed by atoms with E-state index >= 15 is 0 Å². The van der Waals surface area contributed by atoms with Gasteiger partial charge in [0.2, 0.25) is 0 Å². The van der Waals surface area contributed by atoms with Crippen LogP contribution in [0.15, 0.2) is 24.3 Å². The summed E-state index contributed by atoms with van der Waals surface area (Å²) in [5, 5.41) is 2.21. The molecular weight excluding hydrogens is 798 g/mol. The summed E-state index contributed by atoms with van der Waals surface area (Å²) in [6, 6.07) is 11.2. The summed E-state index contributed by atoms with van der Waals surface area (Å²) in [4.78, 5) is 0. The monoisotopic (exact) mass is 880 g/mol. The molecule has 0 fully saturated rings. The normalized spacial score (nSPS) is 14.4. The minimum atomic E-state index is -2.20. The van der Waals surface area contributed by atoms with E-state index in [4.69, 9.17) is 0 Å². The van der Waals surface area contributed by atoms with Crippen molar-refractivity contribution in [2.24, 2.45) is 0 Å². The van der Waals surface area contributed by atoms with Crippen LogP contribution in [0.4, 0.5) is 0 Å². The van der Waals surface area contributed by atoms with Crippen molar-refractivity contribution in [3.63, 3.8) is 0 Å². The summed E-state index contributed by atoms with van der Waals surface area (Å²) >= 11 is 2.00. The summed E-state index contributed by atoms with van der Waals surface area (Å²) in [6.07, 6.45) is 0. The van der Waals surface area contributed by atoms with Crippen LogP contribution in [0.25, 0.3) is 0 Å². The van der Waals surface area contributed by atoms with Crippen molar-refractivity contribution < 1.29 is 13.8 Å². The van der Waals surface area contributed by atoms with Gasteiger partial charge in [-0.2, -0.15) is 0 Å². The number of rotatable bonds is 14. The van der Waals surface area contributed by atoms with Crippen LogP contribution < -0.4 is 8.79 Å². The first-order valence-corrected chi connectivity index (χ1v) is 47.7. The summed E-state index contributed by atoms with van der Waals surface area (Å²) in [5.74, 6) is 1.57. The Kier molecular flexibility index (Phi) is 15.1. The molecular formula is C42H82CrGeSi6. The first-order chi connectivity index (χ1) is 22.0. The average molecular weight is 880 g/mol. The van der Waals surface area contributed by atoms with Gasteiger partial charge in [-0.1, -0.05) is 0 Å². The van der Waals surface area contributed by atoms with E-state index in [-0.39, 0.29) is 0 Å². The van der Waals surface area contributed by atoms with Crippen molar-refractivity contribution in [3.8, 4) is 0 Å². The topological polar surface area (TPSA) is 0 Å². The Morgan fingerprint density at radius 1 is 0.360 bits per heavy atom. The fraction of sp³-hybridized carbons (Fsp3) is 0.714. The Morgan fingerprint density at radius 2 is 0.600 bits per heavy atom. The van der Waals surface area contributed by atoms with Crippen molar-refractivity contribution in [3.05, 3.63) is 57.6 Å². The second-order valence-electron chi connectivity index (χ2n) is 23.4. The van der Waals surface area contributed by atoms with E-state index in [0.717, 1.165) is 15.5 Å². The molecule has 0 aliphatic heterocycles. The Bertz CT molecular complexity index is 1390. The molecule has 8 heteroatoms. The van der Waals surface area contributed by atoms with E-state index in [2.05, 4.69) is 197 Å². The van der Waals surface area contributed by atoms with Crippen LogP contribution in [-0.4, -0.2) is 60.3 Å². The molecule has 2 aromatic rings. The van der Waals surface area contributed by atoms with Gasteiger partial charge in [-0.25, -0.2) is 0 Å². The number of hydrogen-bond acceptors (Lipinski definition) is 0. The van der Waals surface area contributed by atoms with Gasteiger partial charge in [-0.15, -0.1) is 0 Å². The first kappa shape index (κ1) is 47.0. The molecule has 0 amide bonds. The number of benzene rings is 2. The van der Waals surface area contributed by atoms with Gasteiger partial charge in [0, 0.05) is 0 Å². The molecule has 0 bridgehead atoms. The summed E-state index contributed by atoms with van der Waals surface area (Å²) < 4.78 is 3.67. The second-order valence-corrected chi connectivity index (χ2v) is 63.8. The van der Waals surface area contributed by atoms with Gasteiger partial charge in [0.25, 0.3) is 0 Å². The molecule has 0 heterocycles. The molecule has 2 aromatic carbocycles. The Balaban J connectivity index is 3.59. The summed E-state index contributed by atoms with van der Waals surface area (Å²) in [7, 11) is -9.50. The quantitative estimate of drug-likeness (QED) is 0.166. The summed E-state index contributed by atoms with van der Waals surface area (Å²) in [6.45, 7) is 63.3. The van der Waals surface area contributed by atoms with Gasteiger partial charge in [0.05, 0.1) is 0 Å². The van der Waals surface area contributed by atoms with Crippen molar-refractivity contribution in [1.82, 2.24) is 0 Å². The second kappa shape index (κ2) is 16.1. The Morgan fingerprint density at radius 3 is 0.820 bits per heavy atom. The number of hydrogen-bond donors (Lipinski definition) is 0. The van der Waals surface area contributed by atoms with Crippen molar-refractivity contribution in [2.45, 2.75) is 193 Å². The third kappa shape index (κ3) is 11.0. The predicted octanol–water partition coefficient (Wildman–Crippen LogP) is 13.2. The molecule has 0 radical (unpaired) electrons. The zero-order valence-electron chi connectivity index (χ0n) is 37.7. The maximum atomic E-state index is 4.20. The zero-order chi connectivity index (χ0) is 39.5. The van der Waals surface area contributed by atoms with Crippen molar-refractivity contribution >= 4 is 69.1 Å². The van der Waals surface area contributed by atoms with Crippen LogP contribution in [0.1, 0.15) is 108 Å². The van der Waals surface area contributed by atoms with Crippen LogP contribution in [0, 0.1) is 0 Å². The van der Waals surface area contributed by atoms with Crippen LogP contribution in [0.2, 0.25) is 118 Å². The summed E-state index contributed by atoms with van der Waals surface area (Å²) in [5.41, 5.74) is 10.3. The molecule has 0 aliphatic rings. The van der Waals surface area contributed by atoms with Crippen molar-refractivity contribution in [2.75, 3.05) is 0 Å². The van der Waals surface area contributed by atoms with Gasteiger partial charge in [-0.3, -0.25) is 0 Å². The standard InChI is InChI=1S/C42H82GeSi6.Cr/c1-29(2)32-25-34(30(3)4)38(35(26-32)31(5)6)43-39-36(41(46(13,14)15)47(16,17)18)27-33(40(44(7,8)9)45(10,11)12)28-37(39)42(48(19,20)21)49(22,23)24;/h25-31,40-42H,1-24H3;. The molecule has 0 spiro atoms. The Hall–Kier alpha value is 0.817. The van der Waals surface area contributed by atoms with E-state index in [9.17, 15) is 0 Å². The molecule has 0 nitrogen and oxygen atoms in total. The molecule has 0 atom stereocenters. The molecule has 0 saturated carbocycles. The van der Waals surface area contributed by atoms with E-state index in [0.29, 0.717) is 17.8 Å². The van der Waals surface area contributed by atoms with Crippen LogP contribution in [0.5, 0.6) is 0 Å². The zero-order valence-corrected chi connectivity index (χ0v) is 47.1. The Labute approximate surface area is 330 Å².